The van der Waals surface area contributed by atoms with Crippen molar-refractivity contribution >= 4 is 15.9 Å². The molecular weight excluding hydrogens is 318 g/mol. The zero-order valence-corrected chi connectivity index (χ0v) is 13.1. The predicted molar refractivity (Wildman–Crippen MR) is 80.7 cm³/mol. The van der Waals surface area contributed by atoms with Crippen LogP contribution in [0, 0.1) is 0 Å². The summed E-state index contributed by atoms with van der Waals surface area (Å²) in [6.07, 6.45) is 2.80. The largest absolute Gasteiger partial charge is 0.339 e. The summed E-state index contributed by atoms with van der Waals surface area (Å²) in [6.45, 7) is 4.24. The van der Waals surface area contributed by atoms with Crippen molar-refractivity contribution in [3.63, 3.8) is 0 Å². The minimum absolute atomic E-state index is 0.0216. The van der Waals surface area contributed by atoms with Crippen LogP contribution in [0.25, 0.3) is 0 Å². The summed E-state index contributed by atoms with van der Waals surface area (Å²) < 4.78 is 6.58. The first-order valence-corrected chi connectivity index (χ1v) is 7.73. The Hall–Kier alpha value is -1.20. The second-order valence-electron chi connectivity index (χ2n) is 5.63. The van der Waals surface area contributed by atoms with Gasteiger partial charge in [-0.3, -0.25) is 0 Å². The molecule has 1 aliphatic rings. The SMILES string of the molecule is CC1(c2nc(Cc3cccc(Br)c3)no2)CCNCC1. The molecule has 0 bridgehead atoms. The van der Waals surface area contributed by atoms with Crippen molar-refractivity contribution in [3.8, 4) is 0 Å². The van der Waals surface area contributed by atoms with E-state index in [1.54, 1.807) is 0 Å². The Morgan fingerprint density at radius 3 is 2.90 bits per heavy atom. The van der Waals surface area contributed by atoms with E-state index in [1.807, 2.05) is 12.1 Å². The van der Waals surface area contributed by atoms with Crippen molar-refractivity contribution in [1.29, 1.82) is 0 Å². The molecule has 1 saturated heterocycles. The molecule has 0 radical (unpaired) electrons. The molecule has 1 N–H and O–H groups in total. The summed E-state index contributed by atoms with van der Waals surface area (Å²) in [4.78, 5) is 4.61. The minimum atomic E-state index is 0.0216. The van der Waals surface area contributed by atoms with Gasteiger partial charge in [0.1, 0.15) is 0 Å². The van der Waals surface area contributed by atoms with E-state index >= 15 is 0 Å². The molecule has 0 unspecified atom stereocenters. The Morgan fingerprint density at radius 2 is 2.15 bits per heavy atom. The third-order valence-corrected chi connectivity index (χ3v) is 4.44. The fraction of sp³-hybridized carbons (Fsp3) is 0.467. The van der Waals surface area contributed by atoms with E-state index in [-0.39, 0.29) is 5.41 Å². The van der Waals surface area contributed by atoms with E-state index < -0.39 is 0 Å². The maximum atomic E-state index is 5.51. The molecule has 1 aromatic carbocycles. The fourth-order valence-corrected chi connectivity index (χ4v) is 3.04. The molecule has 20 heavy (non-hydrogen) atoms. The van der Waals surface area contributed by atoms with Crippen molar-refractivity contribution in [1.82, 2.24) is 15.5 Å². The topological polar surface area (TPSA) is 51.0 Å². The summed E-state index contributed by atoms with van der Waals surface area (Å²) >= 11 is 3.48. The summed E-state index contributed by atoms with van der Waals surface area (Å²) in [5, 5.41) is 7.51. The van der Waals surface area contributed by atoms with Crippen LogP contribution in [0.5, 0.6) is 0 Å². The number of nitrogens with one attached hydrogen (secondary N) is 1. The van der Waals surface area contributed by atoms with Crippen LogP contribution in [0.3, 0.4) is 0 Å². The molecule has 2 heterocycles. The van der Waals surface area contributed by atoms with Gasteiger partial charge in [-0.05, 0) is 43.6 Å². The van der Waals surface area contributed by atoms with E-state index in [1.165, 1.54) is 5.56 Å². The molecule has 0 saturated carbocycles. The molecule has 1 aromatic heterocycles. The predicted octanol–water partition coefficient (Wildman–Crippen LogP) is 3.06. The molecule has 3 rings (SSSR count). The number of nitrogens with zero attached hydrogens (tertiary/aromatic N) is 2. The average molecular weight is 336 g/mol. The molecule has 5 heteroatoms. The van der Waals surface area contributed by atoms with Gasteiger partial charge in [0.05, 0.1) is 0 Å². The first-order chi connectivity index (χ1) is 9.66. The second-order valence-corrected chi connectivity index (χ2v) is 6.55. The van der Waals surface area contributed by atoms with Crippen LogP contribution in [0.1, 0.15) is 37.0 Å². The van der Waals surface area contributed by atoms with Gasteiger partial charge in [0, 0.05) is 16.3 Å². The summed E-state index contributed by atoms with van der Waals surface area (Å²) in [5.74, 6) is 1.54. The third-order valence-electron chi connectivity index (χ3n) is 3.94. The molecule has 4 nitrogen and oxygen atoms in total. The van der Waals surface area contributed by atoms with E-state index in [4.69, 9.17) is 4.52 Å². The molecule has 106 valence electrons. The average Bonchev–Trinajstić information content (AvgIpc) is 2.89. The van der Waals surface area contributed by atoms with Crippen LogP contribution < -0.4 is 5.32 Å². The Labute approximate surface area is 127 Å². The quantitative estimate of drug-likeness (QED) is 0.936. The molecule has 0 spiro atoms. The van der Waals surface area contributed by atoms with E-state index in [2.05, 4.69) is 50.4 Å². The van der Waals surface area contributed by atoms with Crippen LogP contribution in [-0.4, -0.2) is 23.2 Å². The first kappa shape index (κ1) is 13.8. The van der Waals surface area contributed by atoms with Gasteiger partial charge in [-0.25, -0.2) is 0 Å². The fourth-order valence-electron chi connectivity index (χ4n) is 2.59. The van der Waals surface area contributed by atoms with Crippen LogP contribution >= 0.6 is 15.9 Å². The van der Waals surface area contributed by atoms with Gasteiger partial charge in [0.2, 0.25) is 5.89 Å². The van der Waals surface area contributed by atoms with Gasteiger partial charge < -0.3 is 9.84 Å². The number of rotatable bonds is 3. The standard InChI is InChI=1S/C15H18BrN3O/c1-15(5-7-17-8-6-15)14-18-13(19-20-14)10-11-3-2-4-12(16)9-11/h2-4,9,17H,5-8,10H2,1H3. The van der Waals surface area contributed by atoms with Crippen molar-refractivity contribution in [2.75, 3.05) is 13.1 Å². The van der Waals surface area contributed by atoms with Crippen molar-refractivity contribution in [2.24, 2.45) is 0 Å². The van der Waals surface area contributed by atoms with Gasteiger partial charge in [0.15, 0.2) is 5.82 Å². The van der Waals surface area contributed by atoms with Gasteiger partial charge in [0.25, 0.3) is 0 Å². The zero-order valence-electron chi connectivity index (χ0n) is 11.5. The second kappa shape index (κ2) is 5.66. The number of hydrogen-bond acceptors (Lipinski definition) is 4. The lowest BCUT2D eigenvalue weighted by molar-refractivity contribution is 0.240. The first-order valence-electron chi connectivity index (χ1n) is 6.94. The molecule has 2 aromatic rings. The highest BCUT2D eigenvalue weighted by Crippen LogP contribution is 2.31. The highest BCUT2D eigenvalue weighted by atomic mass is 79.9. The Morgan fingerprint density at radius 1 is 1.35 bits per heavy atom. The zero-order chi connectivity index (χ0) is 14.0. The summed E-state index contributed by atoms with van der Waals surface area (Å²) in [7, 11) is 0. The highest BCUT2D eigenvalue weighted by Gasteiger charge is 2.34. The summed E-state index contributed by atoms with van der Waals surface area (Å²) in [5.41, 5.74) is 1.20. The molecule has 0 atom stereocenters. The maximum Gasteiger partial charge on any atom is 0.232 e. The van der Waals surface area contributed by atoms with Crippen LogP contribution in [0.4, 0.5) is 0 Å². The van der Waals surface area contributed by atoms with E-state index in [0.29, 0.717) is 6.42 Å². The van der Waals surface area contributed by atoms with Crippen LogP contribution in [0.2, 0.25) is 0 Å². The lowest BCUT2D eigenvalue weighted by Gasteiger charge is -2.30. The minimum Gasteiger partial charge on any atom is -0.339 e. The van der Waals surface area contributed by atoms with E-state index in [9.17, 15) is 0 Å². The van der Waals surface area contributed by atoms with Crippen molar-refractivity contribution < 1.29 is 4.52 Å². The Balaban J connectivity index is 1.76. The molecule has 0 aliphatic carbocycles. The lowest BCUT2D eigenvalue weighted by atomic mass is 9.81. The van der Waals surface area contributed by atoms with Crippen molar-refractivity contribution in [2.45, 2.75) is 31.6 Å². The monoisotopic (exact) mass is 335 g/mol. The maximum absolute atomic E-state index is 5.51. The lowest BCUT2D eigenvalue weighted by Crippen LogP contribution is -2.37. The third kappa shape index (κ3) is 2.94. The summed E-state index contributed by atoms with van der Waals surface area (Å²) in [6, 6.07) is 8.20. The normalized spacial score (nSPS) is 18.1. The molecule has 1 fully saturated rings. The van der Waals surface area contributed by atoms with Crippen molar-refractivity contribution in [3.05, 3.63) is 46.0 Å². The van der Waals surface area contributed by atoms with Gasteiger partial charge in [-0.15, -0.1) is 0 Å². The molecule has 1 aliphatic heterocycles. The number of aromatic nitrogens is 2. The smallest absolute Gasteiger partial charge is 0.232 e. The number of hydrogen-bond donors (Lipinski definition) is 1. The van der Waals surface area contributed by atoms with Crippen LogP contribution in [0.15, 0.2) is 33.3 Å². The van der Waals surface area contributed by atoms with Gasteiger partial charge in [-0.1, -0.05) is 40.1 Å². The van der Waals surface area contributed by atoms with Crippen LogP contribution in [-0.2, 0) is 11.8 Å². The van der Waals surface area contributed by atoms with E-state index in [0.717, 1.165) is 42.1 Å². The Kier molecular flexibility index (Phi) is 3.89. The van der Waals surface area contributed by atoms with Gasteiger partial charge in [-0.2, -0.15) is 4.98 Å². The molecular formula is C15H18BrN3O. The number of benzene rings is 1. The Bertz CT molecular complexity index is 590. The molecule has 0 amide bonds. The number of piperidine rings is 1. The van der Waals surface area contributed by atoms with Gasteiger partial charge >= 0.3 is 0 Å². The highest BCUT2D eigenvalue weighted by molar-refractivity contribution is 9.10. The number of halogens is 1.